The van der Waals surface area contributed by atoms with Crippen molar-refractivity contribution < 1.29 is 14.3 Å². The van der Waals surface area contributed by atoms with E-state index in [1.165, 1.54) is 11.3 Å². The number of rotatable bonds is 6. The van der Waals surface area contributed by atoms with E-state index in [2.05, 4.69) is 11.1 Å². The van der Waals surface area contributed by atoms with Gasteiger partial charge in [0.05, 0.1) is 6.42 Å². The standard InChI is InChI=1S/C18H20N2O3S/c1-12-9-15(13(2)20(12)18-19-7-8-24-18)16(21)11-23-17(22)10-14-5-3-4-6-14/h3,5,7-9,14H,4,6,10-11H2,1-2H3/t14-/m0/s1. The first-order valence-electron chi connectivity index (χ1n) is 8.00. The van der Waals surface area contributed by atoms with Crippen LogP contribution in [0.2, 0.25) is 0 Å². The number of thiazole rings is 1. The molecule has 0 bridgehead atoms. The van der Waals surface area contributed by atoms with E-state index in [0.29, 0.717) is 12.0 Å². The van der Waals surface area contributed by atoms with Gasteiger partial charge in [0.25, 0.3) is 0 Å². The van der Waals surface area contributed by atoms with Gasteiger partial charge >= 0.3 is 5.97 Å². The molecular weight excluding hydrogens is 324 g/mol. The second-order valence-corrected chi connectivity index (χ2v) is 6.86. The fraction of sp³-hybridized carbons (Fsp3) is 0.389. The third-order valence-electron chi connectivity index (χ3n) is 4.25. The lowest BCUT2D eigenvalue weighted by molar-refractivity contribution is -0.143. The molecule has 5 nitrogen and oxygen atoms in total. The van der Waals surface area contributed by atoms with Crippen LogP contribution < -0.4 is 0 Å². The molecular formula is C18H20N2O3S. The van der Waals surface area contributed by atoms with Crippen molar-refractivity contribution in [3.63, 3.8) is 0 Å². The topological polar surface area (TPSA) is 61.2 Å². The average Bonchev–Trinajstić information content (AvgIpc) is 3.27. The first-order chi connectivity index (χ1) is 11.6. The predicted octanol–water partition coefficient (Wildman–Crippen LogP) is 3.63. The monoisotopic (exact) mass is 344 g/mol. The van der Waals surface area contributed by atoms with Gasteiger partial charge < -0.3 is 4.74 Å². The lowest BCUT2D eigenvalue weighted by Gasteiger charge is -2.08. The molecule has 0 N–H and O–H groups in total. The van der Waals surface area contributed by atoms with Crippen LogP contribution in [0.25, 0.3) is 5.13 Å². The van der Waals surface area contributed by atoms with Crippen LogP contribution in [0.4, 0.5) is 0 Å². The summed E-state index contributed by atoms with van der Waals surface area (Å²) in [7, 11) is 0. The fourth-order valence-electron chi connectivity index (χ4n) is 3.03. The molecule has 126 valence electrons. The fourth-order valence-corrected chi connectivity index (χ4v) is 3.78. The Labute approximate surface area is 145 Å². The second-order valence-electron chi connectivity index (χ2n) is 5.99. The molecule has 0 unspecified atom stereocenters. The van der Waals surface area contributed by atoms with Crippen molar-refractivity contribution in [2.75, 3.05) is 6.61 Å². The molecule has 0 saturated heterocycles. The van der Waals surface area contributed by atoms with Crippen molar-refractivity contribution in [2.45, 2.75) is 33.1 Å². The summed E-state index contributed by atoms with van der Waals surface area (Å²) in [5.74, 6) is -0.238. The van der Waals surface area contributed by atoms with Gasteiger partial charge in [0, 0.05) is 28.5 Å². The van der Waals surface area contributed by atoms with E-state index in [1.807, 2.05) is 35.9 Å². The van der Waals surface area contributed by atoms with E-state index in [4.69, 9.17) is 4.74 Å². The van der Waals surface area contributed by atoms with Gasteiger partial charge in [0.1, 0.15) is 0 Å². The Morgan fingerprint density at radius 1 is 1.42 bits per heavy atom. The summed E-state index contributed by atoms with van der Waals surface area (Å²) in [6, 6.07) is 1.83. The molecule has 0 spiro atoms. The maximum Gasteiger partial charge on any atom is 0.306 e. The van der Waals surface area contributed by atoms with Crippen LogP contribution in [-0.2, 0) is 9.53 Å². The van der Waals surface area contributed by atoms with Crippen LogP contribution in [0.3, 0.4) is 0 Å². The summed E-state index contributed by atoms with van der Waals surface area (Å²) in [6.07, 6.45) is 8.21. The third-order valence-corrected chi connectivity index (χ3v) is 5.00. The first-order valence-corrected chi connectivity index (χ1v) is 8.88. The SMILES string of the molecule is Cc1cc(C(=O)COC(=O)C[C@H]2C=CCC2)c(C)n1-c1nccs1. The molecule has 0 saturated carbocycles. The molecule has 0 fully saturated rings. The molecule has 2 aromatic heterocycles. The Morgan fingerprint density at radius 2 is 2.25 bits per heavy atom. The number of esters is 1. The zero-order valence-electron chi connectivity index (χ0n) is 13.8. The van der Waals surface area contributed by atoms with Gasteiger partial charge in [-0.05, 0) is 38.7 Å². The molecule has 0 amide bonds. The molecule has 1 atom stereocenters. The summed E-state index contributed by atoms with van der Waals surface area (Å²) < 4.78 is 7.12. The number of nitrogens with zero attached hydrogens (tertiary/aromatic N) is 2. The van der Waals surface area contributed by atoms with Crippen LogP contribution in [0.15, 0.2) is 29.8 Å². The minimum atomic E-state index is -0.311. The zero-order valence-corrected chi connectivity index (χ0v) is 14.6. The highest BCUT2D eigenvalue weighted by Gasteiger charge is 2.20. The Morgan fingerprint density at radius 3 is 2.92 bits per heavy atom. The Kier molecular flexibility index (Phi) is 4.94. The van der Waals surface area contributed by atoms with Crippen molar-refractivity contribution >= 4 is 23.1 Å². The van der Waals surface area contributed by atoms with Crippen LogP contribution in [-0.4, -0.2) is 27.9 Å². The molecule has 2 aromatic rings. The van der Waals surface area contributed by atoms with E-state index in [0.717, 1.165) is 29.4 Å². The maximum atomic E-state index is 12.4. The highest BCUT2D eigenvalue weighted by Crippen LogP contribution is 2.23. The number of allylic oxidation sites excluding steroid dienone is 2. The van der Waals surface area contributed by atoms with Crippen LogP contribution >= 0.6 is 11.3 Å². The largest absolute Gasteiger partial charge is 0.457 e. The highest BCUT2D eigenvalue weighted by atomic mass is 32.1. The number of hydrogen-bond donors (Lipinski definition) is 0. The molecule has 2 heterocycles. The summed E-state index contributed by atoms with van der Waals surface area (Å²) in [4.78, 5) is 28.6. The molecule has 3 rings (SSSR count). The minimum Gasteiger partial charge on any atom is -0.457 e. The maximum absolute atomic E-state index is 12.4. The molecule has 1 aliphatic carbocycles. The molecule has 0 radical (unpaired) electrons. The number of aryl methyl sites for hydroxylation is 1. The first kappa shape index (κ1) is 16.6. The smallest absolute Gasteiger partial charge is 0.306 e. The van der Waals surface area contributed by atoms with Gasteiger partial charge in [0.2, 0.25) is 5.78 Å². The van der Waals surface area contributed by atoms with Crippen molar-refractivity contribution in [3.8, 4) is 5.13 Å². The van der Waals surface area contributed by atoms with Gasteiger partial charge in [-0.3, -0.25) is 14.2 Å². The van der Waals surface area contributed by atoms with Gasteiger partial charge in [-0.1, -0.05) is 12.2 Å². The van der Waals surface area contributed by atoms with E-state index in [9.17, 15) is 9.59 Å². The number of carbonyl (C=O) groups excluding carboxylic acids is 2. The molecule has 24 heavy (non-hydrogen) atoms. The summed E-state index contributed by atoms with van der Waals surface area (Å²) in [5, 5.41) is 2.73. The highest BCUT2D eigenvalue weighted by molar-refractivity contribution is 7.12. The van der Waals surface area contributed by atoms with Crippen molar-refractivity contribution in [1.82, 2.24) is 9.55 Å². The van der Waals surface area contributed by atoms with E-state index in [-0.39, 0.29) is 24.3 Å². The Hall–Kier alpha value is -2.21. The number of aromatic nitrogens is 2. The molecule has 1 aliphatic rings. The number of ether oxygens (including phenoxy) is 1. The minimum absolute atomic E-state index is 0.179. The lowest BCUT2D eigenvalue weighted by Crippen LogP contribution is -2.16. The summed E-state index contributed by atoms with van der Waals surface area (Å²) in [6.45, 7) is 3.60. The van der Waals surface area contributed by atoms with Gasteiger partial charge in [-0.2, -0.15) is 0 Å². The quantitative estimate of drug-likeness (QED) is 0.456. The number of carbonyl (C=O) groups is 2. The Balaban J connectivity index is 1.64. The summed E-state index contributed by atoms with van der Waals surface area (Å²) >= 11 is 1.51. The Bertz CT molecular complexity index is 775. The molecule has 0 aromatic carbocycles. The van der Waals surface area contributed by atoms with Crippen molar-refractivity contribution in [2.24, 2.45) is 5.92 Å². The molecule has 6 heteroatoms. The lowest BCUT2D eigenvalue weighted by atomic mass is 10.1. The van der Waals surface area contributed by atoms with Gasteiger partial charge in [-0.15, -0.1) is 11.3 Å². The van der Waals surface area contributed by atoms with Crippen molar-refractivity contribution in [1.29, 1.82) is 0 Å². The van der Waals surface area contributed by atoms with Crippen LogP contribution in [0.5, 0.6) is 0 Å². The number of ketones is 1. The van der Waals surface area contributed by atoms with Crippen LogP contribution in [0.1, 0.15) is 41.0 Å². The van der Waals surface area contributed by atoms with E-state index in [1.54, 1.807) is 6.20 Å². The van der Waals surface area contributed by atoms with Crippen molar-refractivity contribution in [3.05, 3.63) is 46.7 Å². The zero-order chi connectivity index (χ0) is 17.1. The third kappa shape index (κ3) is 3.48. The predicted molar refractivity (Wildman–Crippen MR) is 92.7 cm³/mol. The van der Waals surface area contributed by atoms with Gasteiger partial charge in [-0.25, -0.2) is 4.98 Å². The normalized spacial score (nSPS) is 16.5. The second kappa shape index (κ2) is 7.13. The van der Waals surface area contributed by atoms with E-state index >= 15 is 0 Å². The van der Waals surface area contributed by atoms with Crippen LogP contribution in [0, 0.1) is 19.8 Å². The molecule has 0 aliphatic heterocycles. The number of Topliss-reactive ketones (excluding diaryl/α,β-unsaturated/α-hetero) is 1. The summed E-state index contributed by atoms with van der Waals surface area (Å²) in [5.41, 5.74) is 2.34. The van der Waals surface area contributed by atoms with E-state index < -0.39 is 0 Å². The number of hydrogen-bond acceptors (Lipinski definition) is 5. The average molecular weight is 344 g/mol. The van der Waals surface area contributed by atoms with Gasteiger partial charge in [0.15, 0.2) is 11.7 Å².